The van der Waals surface area contributed by atoms with Crippen LogP contribution in [0.3, 0.4) is 0 Å². The maximum Gasteiger partial charge on any atom is 0.262 e. The van der Waals surface area contributed by atoms with Crippen LogP contribution in [0.2, 0.25) is 0 Å². The van der Waals surface area contributed by atoms with Crippen LogP contribution in [-0.2, 0) is 16.6 Å². The Morgan fingerprint density at radius 3 is 2.34 bits per heavy atom. The molecule has 1 amide bonds. The van der Waals surface area contributed by atoms with Crippen LogP contribution in [0.5, 0.6) is 11.5 Å². The standard InChI is InChI=1S/C27H30BrNO3/c1-27(2,3)21-15-16-24(22(28)18-21)32-19-26(30)29-23-13-7-8-14-25(23)31-17-9-12-20-10-5-4-6-11-20/h4-8,10-11,13-16,18H,9,12,17,19H2,1-3H3,(H,29,30). The fraction of sp³-hybridized carbons (Fsp3) is 0.296. The molecule has 1 N–H and O–H groups in total. The lowest BCUT2D eigenvalue weighted by atomic mass is 9.87. The maximum atomic E-state index is 12.5. The molecule has 0 fully saturated rings. The van der Waals surface area contributed by atoms with E-state index >= 15 is 0 Å². The lowest BCUT2D eigenvalue weighted by Crippen LogP contribution is -2.21. The second kappa shape index (κ2) is 11.2. The highest BCUT2D eigenvalue weighted by Crippen LogP contribution is 2.31. The fourth-order valence-electron chi connectivity index (χ4n) is 3.21. The van der Waals surface area contributed by atoms with Gasteiger partial charge in [0, 0.05) is 0 Å². The van der Waals surface area contributed by atoms with E-state index in [4.69, 9.17) is 9.47 Å². The second-order valence-electron chi connectivity index (χ2n) is 8.67. The number of nitrogens with one attached hydrogen (secondary N) is 1. The predicted molar refractivity (Wildman–Crippen MR) is 134 cm³/mol. The molecule has 0 heterocycles. The van der Waals surface area contributed by atoms with Crippen molar-refractivity contribution in [3.63, 3.8) is 0 Å². The monoisotopic (exact) mass is 495 g/mol. The molecule has 0 atom stereocenters. The minimum Gasteiger partial charge on any atom is -0.491 e. The molecule has 0 saturated carbocycles. The normalized spacial score (nSPS) is 11.1. The lowest BCUT2D eigenvalue weighted by Gasteiger charge is -2.20. The third kappa shape index (κ3) is 7.13. The summed E-state index contributed by atoms with van der Waals surface area (Å²) in [4.78, 5) is 12.5. The number of hydrogen-bond acceptors (Lipinski definition) is 3. The molecular formula is C27H30BrNO3. The number of ether oxygens (including phenoxy) is 2. The average molecular weight is 496 g/mol. The van der Waals surface area contributed by atoms with Gasteiger partial charge < -0.3 is 14.8 Å². The van der Waals surface area contributed by atoms with Crippen molar-refractivity contribution in [2.45, 2.75) is 39.0 Å². The van der Waals surface area contributed by atoms with Gasteiger partial charge in [0.25, 0.3) is 5.91 Å². The molecule has 0 aliphatic carbocycles. The Kier molecular flexibility index (Phi) is 8.34. The van der Waals surface area contributed by atoms with Crippen molar-refractivity contribution >= 4 is 27.5 Å². The highest BCUT2D eigenvalue weighted by molar-refractivity contribution is 9.10. The summed E-state index contributed by atoms with van der Waals surface area (Å²) in [5.74, 6) is 1.06. The van der Waals surface area contributed by atoms with Crippen LogP contribution >= 0.6 is 15.9 Å². The van der Waals surface area contributed by atoms with E-state index in [1.54, 1.807) is 0 Å². The van der Waals surface area contributed by atoms with Gasteiger partial charge in [-0.05, 0) is 69.6 Å². The number of rotatable bonds is 9. The number of anilines is 1. The molecular weight excluding hydrogens is 466 g/mol. The van der Waals surface area contributed by atoms with Crippen LogP contribution < -0.4 is 14.8 Å². The van der Waals surface area contributed by atoms with E-state index in [0.29, 0.717) is 23.8 Å². The number of amides is 1. The van der Waals surface area contributed by atoms with Crippen molar-refractivity contribution in [1.82, 2.24) is 0 Å². The average Bonchev–Trinajstić information content (AvgIpc) is 2.77. The largest absolute Gasteiger partial charge is 0.491 e. The molecule has 168 valence electrons. The quantitative estimate of drug-likeness (QED) is 0.333. The number of halogens is 1. The van der Waals surface area contributed by atoms with Crippen molar-refractivity contribution in [1.29, 1.82) is 0 Å². The van der Waals surface area contributed by atoms with Crippen LogP contribution in [0.1, 0.15) is 38.3 Å². The van der Waals surface area contributed by atoms with Gasteiger partial charge in [0.1, 0.15) is 11.5 Å². The second-order valence-corrected chi connectivity index (χ2v) is 9.52. The Balaban J connectivity index is 1.51. The zero-order chi connectivity index (χ0) is 23.0. The highest BCUT2D eigenvalue weighted by atomic mass is 79.9. The van der Waals surface area contributed by atoms with E-state index in [0.717, 1.165) is 17.3 Å². The number of benzene rings is 3. The topological polar surface area (TPSA) is 47.6 Å². The Hall–Kier alpha value is -2.79. The molecule has 5 heteroatoms. The van der Waals surface area contributed by atoms with Crippen LogP contribution in [0.15, 0.2) is 77.3 Å². The van der Waals surface area contributed by atoms with Gasteiger partial charge in [0.15, 0.2) is 6.61 Å². The van der Waals surface area contributed by atoms with Crippen LogP contribution in [0.4, 0.5) is 5.69 Å². The Morgan fingerprint density at radius 1 is 0.906 bits per heavy atom. The van der Waals surface area contributed by atoms with E-state index in [-0.39, 0.29) is 17.9 Å². The van der Waals surface area contributed by atoms with E-state index in [1.165, 1.54) is 11.1 Å². The van der Waals surface area contributed by atoms with Gasteiger partial charge in [-0.2, -0.15) is 0 Å². The Labute approximate surface area is 199 Å². The summed E-state index contributed by atoms with van der Waals surface area (Å²) >= 11 is 3.54. The van der Waals surface area contributed by atoms with E-state index in [1.807, 2.05) is 60.7 Å². The molecule has 0 saturated heterocycles. The van der Waals surface area contributed by atoms with Crippen molar-refractivity contribution in [3.8, 4) is 11.5 Å². The number of para-hydroxylation sites is 2. The molecule has 3 aromatic rings. The molecule has 0 bridgehead atoms. The van der Waals surface area contributed by atoms with Crippen LogP contribution in [0, 0.1) is 0 Å². The van der Waals surface area contributed by atoms with E-state index in [2.05, 4.69) is 54.2 Å². The fourth-order valence-corrected chi connectivity index (χ4v) is 3.71. The summed E-state index contributed by atoms with van der Waals surface area (Å²) in [5, 5.41) is 2.89. The summed E-state index contributed by atoms with van der Waals surface area (Å²) in [6.07, 6.45) is 1.85. The number of carbonyl (C=O) groups excluding carboxylic acids is 1. The van der Waals surface area contributed by atoms with Crippen molar-refractivity contribution in [3.05, 3.63) is 88.4 Å². The first kappa shape index (κ1) is 23.9. The van der Waals surface area contributed by atoms with Gasteiger partial charge in [-0.3, -0.25) is 4.79 Å². The van der Waals surface area contributed by atoms with Gasteiger partial charge in [-0.25, -0.2) is 0 Å². The molecule has 0 aliphatic rings. The number of carbonyl (C=O) groups is 1. The summed E-state index contributed by atoms with van der Waals surface area (Å²) in [6.45, 7) is 6.96. The summed E-state index contributed by atoms with van der Waals surface area (Å²) in [7, 11) is 0. The molecule has 0 spiro atoms. The number of hydrogen-bond donors (Lipinski definition) is 1. The SMILES string of the molecule is CC(C)(C)c1ccc(OCC(=O)Nc2ccccc2OCCCc2ccccc2)c(Br)c1. The van der Waals surface area contributed by atoms with Crippen molar-refractivity contribution in [2.75, 3.05) is 18.5 Å². The van der Waals surface area contributed by atoms with Crippen LogP contribution in [0.25, 0.3) is 0 Å². The Bertz CT molecular complexity index is 1030. The van der Waals surface area contributed by atoms with Gasteiger partial charge in [0.2, 0.25) is 0 Å². The summed E-state index contributed by atoms with van der Waals surface area (Å²) in [6, 6.07) is 23.7. The van der Waals surface area contributed by atoms with Gasteiger partial charge in [-0.1, -0.05) is 69.3 Å². The van der Waals surface area contributed by atoms with Gasteiger partial charge in [0.05, 0.1) is 16.8 Å². The van der Waals surface area contributed by atoms with E-state index in [9.17, 15) is 4.79 Å². The first-order valence-electron chi connectivity index (χ1n) is 10.8. The van der Waals surface area contributed by atoms with Crippen molar-refractivity contribution < 1.29 is 14.3 Å². The van der Waals surface area contributed by atoms with Gasteiger partial charge in [-0.15, -0.1) is 0 Å². The third-order valence-corrected chi connectivity index (χ3v) is 5.65. The lowest BCUT2D eigenvalue weighted by molar-refractivity contribution is -0.118. The third-order valence-electron chi connectivity index (χ3n) is 5.03. The molecule has 3 rings (SSSR count). The number of aryl methyl sites for hydroxylation is 1. The maximum absolute atomic E-state index is 12.5. The van der Waals surface area contributed by atoms with E-state index < -0.39 is 0 Å². The van der Waals surface area contributed by atoms with Crippen LogP contribution in [-0.4, -0.2) is 19.1 Å². The predicted octanol–water partition coefficient (Wildman–Crippen LogP) is 6.78. The smallest absolute Gasteiger partial charge is 0.262 e. The Morgan fingerprint density at radius 2 is 1.62 bits per heavy atom. The highest BCUT2D eigenvalue weighted by Gasteiger charge is 2.16. The molecule has 0 unspecified atom stereocenters. The molecule has 0 aromatic heterocycles. The molecule has 32 heavy (non-hydrogen) atoms. The minimum atomic E-state index is -0.239. The molecule has 4 nitrogen and oxygen atoms in total. The van der Waals surface area contributed by atoms with Gasteiger partial charge >= 0.3 is 0 Å². The first-order chi connectivity index (χ1) is 15.3. The summed E-state index contributed by atoms with van der Waals surface area (Å²) < 4.78 is 12.5. The first-order valence-corrected chi connectivity index (χ1v) is 11.6. The molecule has 3 aromatic carbocycles. The zero-order valence-corrected chi connectivity index (χ0v) is 20.4. The molecule has 0 radical (unpaired) electrons. The zero-order valence-electron chi connectivity index (χ0n) is 18.9. The summed E-state index contributed by atoms with van der Waals surface area (Å²) in [5.41, 5.74) is 3.17. The van der Waals surface area contributed by atoms with Crippen molar-refractivity contribution in [2.24, 2.45) is 0 Å². The minimum absolute atomic E-state index is 0.0449. The molecule has 0 aliphatic heterocycles.